The molecule has 3 heterocycles. The van der Waals surface area contributed by atoms with Crippen LogP contribution < -0.4 is 4.72 Å². The molecule has 2 aliphatic heterocycles. The molecule has 1 saturated heterocycles. The molecule has 5 rings (SSSR count). The smallest absolute Gasteiger partial charge is 0.291 e. The zero-order chi connectivity index (χ0) is 24.6. The molecule has 186 valence electrons. The molecule has 0 unspecified atom stereocenters. The fourth-order valence-corrected chi connectivity index (χ4v) is 6.62. The molecular weight excluding hydrogens is 487 g/mol. The van der Waals surface area contributed by atoms with Crippen LogP contribution >= 0.6 is 11.3 Å². The maximum atomic E-state index is 14.1. The van der Waals surface area contributed by atoms with Gasteiger partial charge in [0.05, 0.1) is 16.9 Å². The number of aromatic nitrogens is 1. The van der Waals surface area contributed by atoms with Crippen molar-refractivity contribution >= 4 is 44.3 Å². The second-order valence-corrected chi connectivity index (χ2v) is 11.4. The van der Waals surface area contributed by atoms with Gasteiger partial charge in [-0.15, -0.1) is 11.3 Å². The third kappa shape index (κ3) is 4.72. The highest BCUT2D eigenvalue weighted by molar-refractivity contribution is 7.93. The molecule has 3 aromatic rings. The van der Waals surface area contributed by atoms with Crippen LogP contribution in [0, 0.1) is 5.82 Å². The van der Waals surface area contributed by atoms with Crippen molar-refractivity contribution in [1.29, 1.82) is 0 Å². The van der Waals surface area contributed by atoms with Crippen LogP contribution in [0.5, 0.6) is 0 Å². The Kier molecular flexibility index (Phi) is 6.41. The number of amides is 1. The Morgan fingerprint density at radius 2 is 1.97 bits per heavy atom. The van der Waals surface area contributed by atoms with E-state index >= 15 is 0 Å². The number of nitrogens with one attached hydrogen (secondary N) is 1. The fraction of sp³-hybridized carbons (Fsp3) is 0.320. The average molecular weight is 518 g/mol. The summed E-state index contributed by atoms with van der Waals surface area (Å²) < 4.78 is 43.6. The van der Waals surface area contributed by atoms with Crippen LogP contribution in [0.4, 0.5) is 15.2 Å². The molecule has 1 aromatic heterocycles. The number of carbonyl (C=O) groups is 1. The minimum Gasteiger partial charge on any atom is -0.337 e. The first-order valence-electron chi connectivity index (χ1n) is 11.5. The third-order valence-corrected chi connectivity index (χ3v) is 8.93. The highest BCUT2D eigenvalue weighted by atomic mass is 32.2. The number of halogens is 1. The molecule has 1 fully saturated rings. The predicted molar refractivity (Wildman–Crippen MR) is 138 cm³/mol. The number of thiazole rings is 1. The Bertz CT molecular complexity index is 1380. The van der Waals surface area contributed by atoms with Gasteiger partial charge in [0.1, 0.15) is 5.82 Å². The number of nitrogens with zero attached hydrogens (tertiary/aromatic N) is 3. The van der Waals surface area contributed by atoms with Crippen LogP contribution in [-0.2, 0) is 21.2 Å². The van der Waals surface area contributed by atoms with Crippen LogP contribution in [0.2, 0.25) is 0 Å². The number of benzene rings is 2. The molecule has 10 heteroatoms. The van der Waals surface area contributed by atoms with E-state index in [9.17, 15) is 17.6 Å². The fourth-order valence-electron chi connectivity index (χ4n) is 4.83. The highest BCUT2D eigenvalue weighted by Crippen LogP contribution is 2.31. The van der Waals surface area contributed by atoms with Crippen molar-refractivity contribution in [3.8, 4) is 0 Å². The van der Waals surface area contributed by atoms with Gasteiger partial charge in [0.2, 0.25) is 11.7 Å². The first kappa shape index (κ1) is 23.6. The first-order chi connectivity index (χ1) is 16.8. The van der Waals surface area contributed by atoms with Crippen LogP contribution in [-0.4, -0.2) is 54.1 Å². The summed E-state index contributed by atoms with van der Waals surface area (Å²) in [6, 6.07) is 11.5. The van der Waals surface area contributed by atoms with Crippen LogP contribution in [0.1, 0.15) is 39.7 Å². The second-order valence-electron chi connectivity index (χ2n) is 8.82. The molecule has 1 atom stereocenters. The van der Waals surface area contributed by atoms with Gasteiger partial charge in [-0.1, -0.05) is 18.2 Å². The quantitative estimate of drug-likeness (QED) is 0.483. The Morgan fingerprint density at radius 1 is 1.23 bits per heavy atom. The lowest BCUT2D eigenvalue weighted by molar-refractivity contribution is -0.460. The molecule has 7 nitrogen and oxygen atoms in total. The molecule has 0 aliphatic carbocycles. The molecule has 1 N–H and O–H groups in total. The van der Waals surface area contributed by atoms with E-state index in [1.54, 1.807) is 29.8 Å². The van der Waals surface area contributed by atoms with E-state index in [1.165, 1.54) is 17.4 Å². The van der Waals surface area contributed by atoms with Crippen LogP contribution in [0.3, 0.4) is 0 Å². The molecule has 0 saturated carbocycles. The summed E-state index contributed by atoms with van der Waals surface area (Å²) >= 11 is 1.22. The lowest BCUT2D eigenvalue weighted by Crippen LogP contribution is -2.45. The first-order valence-corrected chi connectivity index (χ1v) is 13.9. The van der Waals surface area contributed by atoms with Gasteiger partial charge in [0.15, 0.2) is 11.3 Å². The summed E-state index contributed by atoms with van der Waals surface area (Å²) in [5.74, 6) is 0.0530. The van der Waals surface area contributed by atoms with E-state index in [0.29, 0.717) is 30.2 Å². The van der Waals surface area contributed by atoms with Crippen molar-refractivity contribution in [2.75, 3.05) is 17.8 Å². The summed E-state index contributed by atoms with van der Waals surface area (Å²) in [5, 5.41) is 2.04. The van der Waals surface area contributed by atoms with E-state index in [2.05, 4.69) is 9.71 Å². The number of piperidine rings is 1. The van der Waals surface area contributed by atoms with Crippen molar-refractivity contribution in [3.05, 3.63) is 71.0 Å². The molecule has 1 amide bonds. The summed E-state index contributed by atoms with van der Waals surface area (Å²) in [6.45, 7) is 3.12. The third-order valence-electron chi connectivity index (χ3n) is 6.76. The number of likely N-dealkylation sites (tertiary alicyclic amines) is 1. The van der Waals surface area contributed by atoms with Crippen molar-refractivity contribution in [1.82, 2.24) is 9.88 Å². The number of rotatable bonds is 6. The van der Waals surface area contributed by atoms with E-state index in [4.69, 9.17) is 0 Å². The van der Waals surface area contributed by atoms with Gasteiger partial charge < -0.3 is 4.90 Å². The summed E-state index contributed by atoms with van der Waals surface area (Å²) in [4.78, 5) is 19.2. The summed E-state index contributed by atoms with van der Waals surface area (Å²) in [5.41, 5.74) is 2.47. The highest BCUT2D eigenvalue weighted by Gasteiger charge is 2.36. The monoisotopic (exact) mass is 517 g/mol. The molecule has 0 bridgehead atoms. The standard InChI is InChI=1S/C25H26FN4O3S2.2H2/c1-17(30-15-11-21-22(26)3-2-4-23(21)30)24(31)29-13-9-19(10-14-29)18-5-7-20(8-6-18)35(32,33)28-25-27-12-16-34-25;;/h2-8,12,15-17,19H,9-11,13-14H2,1H3,(H,27,28);2*1H/q+1;;/t17-;;/m0../s1. The summed E-state index contributed by atoms with van der Waals surface area (Å²) in [6.07, 6.45) is 5.54. The Morgan fingerprint density at radius 3 is 2.66 bits per heavy atom. The minimum atomic E-state index is -3.68. The maximum absolute atomic E-state index is 14.1. The molecule has 2 aliphatic rings. The Hall–Kier alpha value is -3.11. The van der Waals surface area contributed by atoms with Crippen molar-refractivity contribution < 1.29 is 25.0 Å². The van der Waals surface area contributed by atoms with Gasteiger partial charge in [0, 0.05) is 40.5 Å². The van der Waals surface area contributed by atoms with Gasteiger partial charge in [-0.3, -0.25) is 9.52 Å². The van der Waals surface area contributed by atoms with Crippen LogP contribution in [0.15, 0.2) is 58.9 Å². The Labute approximate surface area is 211 Å². The second kappa shape index (κ2) is 9.50. The normalized spacial score (nSPS) is 17.1. The van der Waals surface area contributed by atoms with Gasteiger partial charge in [-0.25, -0.2) is 17.8 Å². The van der Waals surface area contributed by atoms with E-state index < -0.39 is 16.1 Å². The Balaban J connectivity index is 0.00000190. The molecular formula is C25H30FN4O3S2+. The molecule has 0 radical (unpaired) electrons. The zero-order valence-electron chi connectivity index (χ0n) is 19.2. The van der Waals surface area contributed by atoms with Crippen molar-refractivity contribution in [2.45, 2.75) is 43.0 Å². The number of fused-ring (bicyclic) bond motifs is 1. The molecule has 2 aromatic carbocycles. The van der Waals surface area contributed by atoms with E-state index in [1.807, 2.05) is 40.8 Å². The zero-order valence-corrected chi connectivity index (χ0v) is 20.9. The van der Waals surface area contributed by atoms with Gasteiger partial charge in [-0.05, 0) is 42.5 Å². The van der Waals surface area contributed by atoms with E-state index in [0.717, 1.165) is 24.1 Å². The number of anilines is 1. The SMILES string of the molecule is C[C@@H](C(=O)N1CCC(c2ccc(S(=O)(=O)Nc3nccs3)cc2)CC1)[N+]1=CCc2c(F)cccc21.[HH].[HH]. The van der Waals surface area contributed by atoms with Crippen molar-refractivity contribution in [2.24, 2.45) is 0 Å². The number of hydrogen-bond donors (Lipinski definition) is 1. The molecule has 0 spiro atoms. The van der Waals surface area contributed by atoms with Gasteiger partial charge in [-0.2, -0.15) is 4.58 Å². The number of hydrogen-bond acceptors (Lipinski definition) is 5. The maximum Gasteiger partial charge on any atom is 0.291 e. The van der Waals surface area contributed by atoms with Crippen LogP contribution in [0.25, 0.3) is 0 Å². The van der Waals surface area contributed by atoms with Gasteiger partial charge in [0.25, 0.3) is 15.9 Å². The summed E-state index contributed by atoms with van der Waals surface area (Å²) in [7, 11) is -3.68. The molecule has 35 heavy (non-hydrogen) atoms. The topological polar surface area (TPSA) is 82.4 Å². The van der Waals surface area contributed by atoms with Crippen molar-refractivity contribution in [3.63, 3.8) is 0 Å². The minimum absolute atomic E-state index is 0. The van der Waals surface area contributed by atoms with E-state index in [-0.39, 0.29) is 25.4 Å². The average Bonchev–Trinajstić information content (AvgIpc) is 3.54. The number of carbonyl (C=O) groups excluding carboxylic acids is 1. The lowest BCUT2D eigenvalue weighted by Gasteiger charge is -2.33. The predicted octanol–water partition coefficient (Wildman–Crippen LogP) is 4.64. The van der Waals surface area contributed by atoms with Gasteiger partial charge >= 0.3 is 0 Å². The lowest BCUT2D eigenvalue weighted by atomic mass is 9.89. The number of sulfonamides is 1. The largest absolute Gasteiger partial charge is 0.337 e.